The van der Waals surface area contributed by atoms with Crippen molar-refractivity contribution < 1.29 is 0 Å². The highest BCUT2D eigenvalue weighted by Crippen LogP contribution is 2.30. The van der Waals surface area contributed by atoms with Gasteiger partial charge in [-0.3, -0.25) is 0 Å². The second-order valence-corrected chi connectivity index (χ2v) is 5.50. The standard InChI is InChI=1S/C10H18N4S/c1-7-5-14(6-8(7)13(2)3)10-12-4-9(11)15-10/h4,7-8H,5-6,11H2,1-3H3. The number of aromatic nitrogens is 1. The average Bonchev–Trinajstić information content (AvgIpc) is 2.71. The van der Waals surface area contributed by atoms with E-state index in [0.717, 1.165) is 23.2 Å². The fourth-order valence-corrected chi connectivity index (χ4v) is 2.90. The fraction of sp³-hybridized carbons (Fsp3) is 0.700. The van der Waals surface area contributed by atoms with E-state index >= 15 is 0 Å². The van der Waals surface area contributed by atoms with E-state index in [4.69, 9.17) is 5.73 Å². The number of thiazole rings is 1. The molecule has 5 heteroatoms. The molecule has 0 aliphatic carbocycles. The highest BCUT2D eigenvalue weighted by atomic mass is 32.1. The molecule has 0 bridgehead atoms. The molecule has 2 rings (SSSR count). The van der Waals surface area contributed by atoms with Gasteiger partial charge in [0.1, 0.15) is 5.00 Å². The number of hydrogen-bond donors (Lipinski definition) is 1. The lowest BCUT2D eigenvalue weighted by Gasteiger charge is -2.22. The Hall–Kier alpha value is -0.810. The first kappa shape index (κ1) is 10.7. The lowest BCUT2D eigenvalue weighted by Crippen LogP contribution is -2.34. The molecule has 0 radical (unpaired) electrons. The SMILES string of the molecule is CC1CN(c2ncc(N)s2)CC1N(C)C. The van der Waals surface area contributed by atoms with E-state index < -0.39 is 0 Å². The van der Waals surface area contributed by atoms with Crippen LogP contribution in [0.25, 0.3) is 0 Å². The van der Waals surface area contributed by atoms with Crippen LogP contribution in [0.3, 0.4) is 0 Å². The van der Waals surface area contributed by atoms with Crippen LogP contribution in [0, 0.1) is 5.92 Å². The minimum Gasteiger partial charge on any atom is -0.389 e. The molecule has 84 valence electrons. The Balaban J connectivity index is 2.09. The molecule has 1 aliphatic heterocycles. The second-order valence-electron chi connectivity index (χ2n) is 4.46. The summed E-state index contributed by atoms with van der Waals surface area (Å²) in [6, 6.07) is 0.620. The molecule has 1 aromatic rings. The summed E-state index contributed by atoms with van der Waals surface area (Å²) in [6.07, 6.45) is 1.74. The number of likely N-dealkylation sites (N-methyl/N-ethyl adjacent to an activating group) is 1. The van der Waals surface area contributed by atoms with Crippen LogP contribution in [0.5, 0.6) is 0 Å². The summed E-state index contributed by atoms with van der Waals surface area (Å²) in [5.41, 5.74) is 5.69. The van der Waals surface area contributed by atoms with Crippen molar-refractivity contribution in [3.05, 3.63) is 6.20 Å². The summed E-state index contributed by atoms with van der Waals surface area (Å²) < 4.78 is 0. The van der Waals surface area contributed by atoms with Gasteiger partial charge in [-0.15, -0.1) is 0 Å². The van der Waals surface area contributed by atoms with E-state index in [0.29, 0.717) is 12.0 Å². The first-order valence-corrected chi connectivity index (χ1v) is 6.02. The Bertz CT molecular complexity index is 336. The van der Waals surface area contributed by atoms with Crippen LogP contribution in [-0.4, -0.2) is 43.1 Å². The van der Waals surface area contributed by atoms with Crippen LogP contribution < -0.4 is 10.6 Å². The lowest BCUT2D eigenvalue weighted by atomic mass is 10.1. The second kappa shape index (κ2) is 3.98. The molecule has 1 fully saturated rings. The van der Waals surface area contributed by atoms with Crippen LogP contribution in [0.4, 0.5) is 10.1 Å². The minimum absolute atomic E-state index is 0.620. The van der Waals surface area contributed by atoms with Gasteiger partial charge in [-0.25, -0.2) is 4.98 Å². The molecule has 1 saturated heterocycles. The molecule has 0 saturated carbocycles. The predicted octanol–water partition coefficient (Wildman–Crippen LogP) is 1.11. The third-order valence-electron chi connectivity index (χ3n) is 3.02. The average molecular weight is 226 g/mol. The van der Waals surface area contributed by atoms with Gasteiger partial charge in [-0.2, -0.15) is 0 Å². The number of nitrogens with zero attached hydrogens (tertiary/aromatic N) is 3. The molecule has 1 aliphatic rings. The van der Waals surface area contributed by atoms with Gasteiger partial charge in [-0.1, -0.05) is 18.3 Å². The van der Waals surface area contributed by atoms with E-state index in [-0.39, 0.29) is 0 Å². The monoisotopic (exact) mass is 226 g/mol. The Labute approximate surface area is 94.7 Å². The van der Waals surface area contributed by atoms with Gasteiger partial charge >= 0.3 is 0 Å². The Morgan fingerprint density at radius 1 is 1.53 bits per heavy atom. The topological polar surface area (TPSA) is 45.4 Å². The summed E-state index contributed by atoms with van der Waals surface area (Å²) in [6.45, 7) is 4.43. The van der Waals surface area contributed by atoms with Gasteiger partial charge in [-0.05, 0) is 20.0 Å². The molecule has 4 nitrogen and oxygen atoms in total. The van der Waals surface area contributed by atoms with Gasteiger partial charge in [0.15, 0.2) is 5.13 Å². The van der Waals surface area contributed by atoms with Crippen LogP contribution in [0.15, 0.2) is 6.20 Å². The zero-order chi connectivity index (χ0) is 11.0. The van der Waals surface area contributed by atoms with Crippen molar-refractivity contribution in [3.63, 3.8) is 0 Å². The van der Waals surface area contributed by atoms with Crippen molar-refractivity contribution in [1.29, 1.82) is 0 Å². The first-order valence-electron chi connectivity index (χ1n) is 5.20. The summed E-state index contributed by atoms with van der Waals surface area (Å²) in [7, 11) is 4.28. The van der Waals surface area contributed by atoms with Gasteiger partial charge in [0.25, 0.3) is 0 Å². The Morgan fingerprint density at radius 3 is 2.73 bits per heavy atom. The van der Waals surface area contributed by atoms with Gasteiger partial charge in [0.2, 0.25) is 0 Å². The zero-order valence-corrected chi connectivity index (χ0v) is 10.3. The smallest absolute Gasteiger partial charge is 0.187 e. The highest BCUT2D eigenvalue weighted by Gasteiger charge is 2.32. The van der Waals surface area contributed by atoms with Crippen molar-refractivity contribution >= 4 is 21.5 Å². The Morgan fingerprint density at radius 2 is 2.27 bits per heavy atom. The largest absolute Gasteiger partial charge is 0.389 e. The number of hydrogen-bond acceptors (Lipinski definition) is 5. The molecule has 15 heavy (non-hydrogen) atoms. The van der Waals surface area contributed by atoms with Crippen LogP contribution in [0.1, 0.15) is 6.92 Å². The van der Waals surface area contributed by atoms with Crippen molar-refractivity contribution in [2.24, 2.45) is 5.92 Å². The molecule has 1 aromatic heterocycles. The number of rotatable bonds is 2. The molecule has 0 spiro atoms. The number of anilines is 2. The van der Waals surface area contributed by atoms with Gasteiger partial charge in [0.05, 0.1) is 6.20 Å². The van der Waals surface area contributed by atoms with E-state index in [9.17, 15) is 0 Å². The van der Waals surface area contributed by atoms with E-state index in [2.05, 4.69) is 35.8 Å². The molecule has 2 atom stereocenters. The number of nitrogens with two attached hydrogens (primary N) is 1. The lowest BCUT2D eigenvalue weighted by molar-refractivity contribution is 0.266. The van der Waals surface area contributed by atoms with Crippen molar-refractivity contribution in [3.8, 4) is 0 Å². The fourth-order valence-electron chi connectivity index (χ4n) is 2.20. The van der Waals surface area contributed by atoms with Crippen molar-refractivity contribution in [2.75, 3.05) is 37.8 Å². The molecule has 0 aromatic carbocycles. The first-order chi connectivity index (χ1) is 7.08. The van der Waals surface area contributed by atoms with Gasteiger partial charge < -0.3 is 15.5 Å². The maximum atomic E-state index is 5.69. The molecule has 2 N–H and O–H groups in total. The van der Waals surface area contributed by atoms with Crippen LogP contribution in [0.2, 0.25) is 0 Å². The summed E-state index contributed by atoms with van der Waals surface area (Å²) in [4.78, 5) is 8.95. The van der Waals surface area contributed by atoms with E-state index in [1.54, 1.807) is 17.5 Å². The molecule has 2 heterocycles. The molecule has 2 unspecified atom stereocenters. The summed E-state index contributed by atoms with van der Waals surface area (Å²) in [5.74, 6) is 0.685. The third kappa shape index (κ3) is 2.08. The van der Waals surface area contributed by atoms with Crippen LogP contribution in [-0.2, 0) is 0 Å². The maximum absolute atomic E-state index is 5.69. The maximum Gasteiger partial charge on any atom is 0.187 e. The third-order valence-corrected chi connectivity index (χ3v) is 3.91. The van der Waals surface area contributed by atoms with E-state index in [1.807, 2.05) is 0 Å². The number of nitrogen functional groups attached to an aromatic ring is 1. The summed E-state index contributed by atoms with van der Waals surface area (Å²) >= 11 is 1.57. The van der Waals surface area contributed by atoms with Crippen LogP contribution >= 0.6 is 11.3 Å². The zero-order valence-electron chi connectivity index (χ0n) is 9.47. The predicted molar refractivity (Wildman–Crippen MR) is 65.4 cm³/mol. The quantitative estimate of drug-likeness (QED) is 0.820. The normalized spacial score (nSPS) is 26.5. The van der Waals surface area contributed by atoms with E-state index in [1.165, 1.54) is 0 Å². The summed E-state index contributed by atoms with van der Waals surface area (Å²) in [5, 5.41) is 1.86. The van der Waals surface area contributed by atoms with Gasteiger partial charge in [0, 0.05) is 19.1 Å². The van der Waals surface area contributed by atoms with Crippen molar-refractivity contribution in [1.82, 2.24) is 9.88 Å². The molecule has 0 amide bonds. The highest BCUT2D eigenvalue weighted by molar-refractivity contribution is 7.19. The molecular formula is C10H18N4S. The minimum atomic E-state index is 0.620. The Kier molecular flexibility index (Phi) is 2.84. The molecular weight excluding hydrogens is 208 g/mol. The van der Waals surface area contributed by atoms with Crippen molar-refractivity contribution in [2.45, 2.75) is 13.0 Å².